The van der Waals surface area contributed by atoms with Crippen molar-refractivity contribution in [1.29, 1.82) is 0 Å². The minimum Gasteiger partial charge on any atom is -0.492 e. The van der Waals surface area contributed by atoms with Gasteiger partial charge in [0, 0.05) is 6.07 Å². The molecule has 0 radical (unpaired) electrons. The van der Waals surface area contributed by atoms with Crippen LogP contribution in [0.15, 0.2) is 57.7 Å². The van der Waals surface area contributed by atoms with E-state index in [1.807, 2.05) is 30.3 Å². The maximum atomic E-state index is 12.2. The van der Waals surface area contributed by atoms with Gasteiger partial charge in [0.1, 0.15) is 23.3 Å². The smallest absolute Gasteiger partial charge is 0.196 e. The molecule has 0 spiro atoms. The van der Waals surface area contributed by atoms with E-state index in [-0.39, 0.29) is 5.43 Å². The molecule has 0 atom stereocenters. The Balaban J connectivity index is 2.01. The van der Waals surface area contributed by atoms with Crippen LogP contribution in [0.3, 0.4) is 0 Å². The lowest BCUT2D eigenvalue weighted by Crippen LogP contribution is -2.05. The fraction of sp³-hybridized carbons (Fsp3) is 0.167. The van der Waals surface area contributed by atoms with Gasteiger partial charge in [0.15, 0.2) is 16.9 Å². The first-order valence-electron chi connectivity index (χ1n) is 6.97. The zero-order valence-corrected chi connectivity index (χ0v) is 12.5. The van der Waals surface area contributed by atoms with Crippen molar-refractivity contribution >= 4 is 11.0 Å². The third-order valence-corrected chi connectivity index (χ3v) is 3.38. The molecule has 0 fully saturated rings. The van der Waals surface area contributed by atoms with Crippen LogP contribution in [0.25, 0.3) is 11.0 Å². The number of ether oxygens (including phenoxy) is 2. The van der Waals surface area contributed by atoms with E-state index >= 15 is 0 Å². The third-order valence-electron chi connectivity index (χ3n) is 3.38. The molecule has 3 rings (SSSR count). The molecule has 0 aliphatic carbocycles. The molecule has 112 valence electrons. The highest BCUT2D eigenvalue weighted by atomic mass is 16.5. The molecule has 0 N–H and O–H groups in total. The molecule has 0 amide bonds. The maximum absolute atomic E-state index is 12.2. The first-order valence-corrected chi connectivity index (χ1v) is 6.97. The Hall–Kier alpha value is -2.75. The summed E-state index contributed by atoms with van der Waals surface area (Å²) in [6, 6.07) is 14.7. The van der Waals surface area contributed by atoms with Gasteiger partial charge < -0.3 is 13.9 Å². The lowest BCUT2D eigenvalue weighted by molar-refractivity contribution is 0.286. The summed E-state index contributed by atoms with van der Waals surface area (Å²) in [6.07, 6.45) is 0. The Morgan fingerprint density at radius 1 is 1.09 bits per heavy atom. The number of methoxy groups -OCH3 is 1. The highest BCUT2D eigenvalue weighted by Crippen LogP contribution is 2.34. The van der Waals surface area contributed by atoms with E-state index in [4.69, 9.17) is 13.9 Å². The molecule has 0 aliphatic rings. The van der Waals surface area contributed by atoms with Crippen LogP contribution in [-0.2, 0) is 6.61 Å². The Kier molecular flexibility index (Phi) is 3.83. The molecule has 0 aliphatic heterocycles. The Bertz CT molecular complexity index is 850. The van der Waals surface area contributed by atoms with Gasteiger partial charge in [-0.15, -0.1) is 0 Å². The highest BCUT2D eigenvalue weighted by molar-refractivity contribution is 5.86. The maximum Gasteiger partial charge on any atom is 0.196 e. The van der Waals surface area contributed by atoms with E-state index in [2.05, 4.69) is 0 Å². The normalized spacial score (nSPS) is 10.6. The minimum atomic E-state index is -0.138. The van der Waals surface area contributed by atoms with E-state index in [1.54, 1.807) is 19.1 Å². The highest BCUT2D eigenvalue weighted by Gasteiger charge is 2.14. The first-order chi connectivity index (χ1) is 10.7. The number of benzene rings is 2. The Labute approximate surface area is 127 Å². The molecule has 0 bridgehead atoms. The van der Waals surface area contributed by atoms with Crippen molar-refractivity contribution in [2.24, 2.45) is 0 Å². The van der Waals surface area contributed by atoms with Gasteiger partial charge in [-0.25, -0.2) is 0 Å². The lowest BCUT2D eigenvalue weighted by atomic mass is 10.2. The van der Waals surface area contributed by atoms with Crippen molar-refractivity contribution in [1.82, 2.24) is 0 Å². The number of aryl methyl sites for hydroxylation is 1. The standard InChI is InChI=1S/C18H16O4/c1-12-10-14(19)17-15(22-12)8-9-16(18(17)20-2)21-11-13-6-4-3-5-7-13/h3-10H,11H2,1-2H3. The molecule has 1 aromatic heterocycles. The summed E-state index contributed by atoms with van der Waals surface area (Å²) in [5.74, 6) is 1.50. The Morgan fingerprint density at radius 3 is 2.59 bits per heavy atom. The van der Waals surface area contributed by atoms with Gasteiger partial charge >= 0.3 is 0 Å². The van der Waals surface area contributed by atoms with Crippen molar-refractivity contribution < 1.29 is 13.9 Å². The quantitative estimate of drug-likeness (QED) is 0.736. The van der Waals surface area contributed by atoms with Gasteiger partial charge in [-0.2, -0.15) is 0 Å². The van der Waals surface area contributed by atoms with Crippen molar-refractivity contribution in [3.63, 3.8) is 0 Å². The summed E-state index contributed by atoms with van der Waals surface area (Å²) < 4.78 is 16.8. The Morgan fingerprint density at radius 2 is 1.86 bits per heavy atom. The monoisotopic (exact) mass is 296 g/mol. The van der Waals surface area contributed by atoms with Crippen LogP contribution in [0, 0.1) is 6.92 Å². The van der Waals surface area contributed by atoms with Crippen molar-refractivity contribution in [2.45, 2.75) is 13.5 Å². The van der Waals surface area contributed by atoms with Gasteiger partial charge in [0.05, 0.1) is 7.11 Å². The summed E-state index contributed by atoms with van der Waals surface area (Å²) in [5.41, 5.74) is 1.40. The molecule has 0 unspecified atom stereocenters. The van der Waals surface area contributed by atoms with Crippen molar-refractivity contribution in [3.05, 3.63) is 70.1 Å². The summed E-state index contributed by atoms with van der Waals surface area (Å²) in [4.78, 5) is 12.2. The first kappa shape index (κ1) is 14.2. The summed E-state index contributed by atoms with van der Waals surface area (Å²) in [5, 5.41) is 0.402. The fourth-order valence-corrected chi connectivity index (χ4v) is 2.38. The average molecular weight is 296 g/mol. The van der Waals surface area contributed by atoms with Gasteiger partial charge in [0.25, 0.3) is 0 Å². The second-order valence-electron chi connectivity index (χ2n) is 4.97. The van der Waals surface area contributed by atoms with E-state index in [0.717, 1.165) is 5.56 Å². The SMILES string of the molecule is COc1c(OCc2ccccc2)ccc2oc(C)cc(=O)c12. The molecular weight excluding hydrogens is 280 g/mol. The zero-order valence-electron chi connectivity index (χ0n) is 12.5. The van der Waals surface area contributed by atoms with Crippen LogP contribution >= 0.6 is 0 Å². The largest absolute Gasteiger partial charge is 0.492 e. The third kappa shape index (κ3) is 2.68. The van der Waals surface area contributed by atoms with Gasteiger partial charge in [-0.05, 0) is 24.6 Å². The van der Waals surface area contributed by atoms with E-state index in [0.29, 0.717) is 34.8 Å². The predicted octanol–water partition coefficient (Wildman–Crippen LogP) is 3.69. The molecular formula is C18H16O4. The molecule has 0 saturated heterocycles. The number of rotatable bonds is 4. The van der Waals surface area contributed by atoms with Crippen LogP contribution < -0.4 is 14.9 Å². The zero-order chi connectivity index (χ0) is 15.5. The topological polar surface area (TPSA) is 48.7 Å². The van der Waals surface area contributed by atoms with Crippen molar-refractivity contribution in [3.8, 4) is 11.5 Å². The number of hydrogen-bond acceptors (Lipinski definition) is 4. The average Bonchev–Trinajstić information content (AvgIpc) is 2.53. The lowest BCUT2D eigenvalue weighted by Gasteiger charge is -2.12. The van der Waals surface area contributed by atoms with Gasteiger partial charge in [-0.1, -0.05) is 30.3 Å². The van der Waals surface area contributed by atoms with Crippen LogP contribution in [0.2, 0.25) is 0 Å². The van der Waals surface area contributed by atoms with Crippen LogP contribution in [0.4, 0.5) is 0 Å². The number of fused-ring (bicyclic) bond motifs is 1. The molecule has 0 saturated carbocycles. The van der Waals surface area contributed by atoms with Crippen LogP contribution in [0.1, 0.15) is 11.3 Å². The van der Waals surface area contributed by atoms with E-state index < -0.39 is 0 Å². The second kappa shape index (κ2) is 5.93. The van der Waals surface area contributed by atoms with Gasteiger partial charge in [-0.3, -0.25) is 4.79 Å². The molecule has 2 aromatic carbocycles. The second-order valence-corrected chi connectivity index (χ2v) is 4.97. The number of hydrogen-bond donors (Lipinski definition) is 0. The predicted molar refractivity (Wildman–Crippen MR) is 84.5 cm³/mol. The van der Waals surface area contributed by atoms with E-state index in [1.165, 1.54) is 13.2 Å². The molecule has 3 aromatic rings. The van der Waals surface area contributed by atoms with Crippen LogP contribution in [-0.4, -0.2) is 7.11 Å². The fourth-order valence-electron chi connectivity index (χ4n) is 2.38. The minimum absolute atomic E-state index is 0.138. The van der Waals surface area contributed by atoms with Crippen molar-refractivity contribution in [2.75, 3.05) is 7.11 Å². The molecule has 1 heterocycles. The summed E-state index contributed by atoms with van der Waals surface area (Å²) in [6.45, 7) is 2.15. The van der Waals surface area contributed by atoms with Crippen LogP contribution in [0.5, 0.6) is 11.5 Å². The summed E-state index contributed by atoms with van der Waals surface area (Å²) >= 11 is 0. The van der Waals surface area contributed by atoms with E-state index in [9.17, 15) is 4.79 Å². The molecule has 4 nitrogen and oxygen atoms in total. The van der Waals surface area contributed by atoms with Gasteiger partial charge in [0.2, 0.25) is 0 Å². The molecule has 22 heavy (non-hydrogen) atoms. The molecule has 4 heteroatoms. The summed E-state index contributed by atoms with van der Waals surface area (Å²) in [7, 11) is 1.52.